The number of hydrogen-bond acceptors (Lipinski definition) is 5. The molecule has 4 rings (SSSR count). The first-order chi connectivity index (χ1) is 15.3. The Kier molecular flexibility index (Phi) is 5.88. The average Bonchev–Trinajstić information content (AvgIpc) is 3.40. The van der Waals surface area contributed by atoms with Crippen LogP contribution in [0.5, 0.6) is 0 Å². The van der Waals surface area contributed by atoms with E-state index in [9.17, 15) is 13.2 Å². The molecule has 1 aliphatic heterocycles. The maximum absolute atomic E-state index is 12.9. The number of hydrazone groups is 1. The third kappa shape index (κ3) is 4.31. The Balaban J connectivity index is 1.71. The molecule has 3 aromatic rings. The normalized spacial score (nSPS) is 16.3. The number of rotatable bonds is 6. The summed E-state index contributed by atoms with van der Waals surface area (Å²) < 4.78 is 34.2. The molecule has 1 atom stereocenters. The summed E-state index contributed by atoms with van der Waals surface area (Å²) in [5.41, 5.74) is 1.65. The zero-order valence-corrected chi connectivity index (χ0v) is 19.0. The number of benzene rings is 2. The van der Waals surface area contributed by atoms with Crippen LogP contribution in [0.1, 0.15) is 43.4 Å². The summed E-state index contributed by atoms with van der Waals surface area (Å²) >= 11 is 0. The summed E-state index contributed by atoms with van der Waals surface area (Å²) in [5, 5.41) is 6.07. The number of nitrogens with one attached hydrogen (secondary N) is 1. The molecule has 2 aromatic carbocycles. The van der Waals surface area contributed by atoms with E-state index < -0.39 is 10.0 Å². The number of carbonyl (C=O) groups excluding carboxylic acids is 1. The van der Waals surface area contributed by atoms with Crippen molar-refractivity contribution < 1.29 is 17.6 Å². The van der Waals surface area contributed by atoms with Crippen molar-refractivity contribution in [3.8, 4) is 0 Å². The molecule has 1 amide bonds. The average molecular weight is 452 g/mol. The van der Waals surface area contributed by atoms with Crippen molar-refractivity contribution in [1.82, 2.24) is 5.01 Å². The minimum Gasteiger partial charge on any atom is -0.464 e. The van der Waals surface area contributed by atoms with Gasteiger partial charge in [-0.15, -0.1) is 0 Å². The van der Waals surface area contributed by atoms with Gasteiger partial charge in [-0.25, -0.2) is 13.4 Å². The molecule has 0 aliphatic carbocycles. The number of amides is 1. The van der Waals surface area contributed by atoms with Crippen molar-refractivity contribution in [3.05, 3.63) is 83.8 Å². The minimum absolute atomic E-state index is 0.124. The molecule has 0 unspecified atom stereocenters. The molecular weight excluding hydrogens is 426 g/mol. The molecule has 32 heavy (non-hydrogen) atoms. The van der Waals surface area contributed by atoms with Crippen LogP contribution in [0.3, 0.4) is 0 Å². The van der Waals surface area contributed by atoms with E-state index in [2.05, 4.69) is 9.82 Å². The summed E-state index contributed by atoms with van der Waals surface area (Å²) in [4.78, 5) is 13.0. The van der Waals surface area contributed by atoms with E-state index >= 15 is 0 Å². The van der Waals surface area contributed by atoms with Crippen LogP contribution in [0, 0.1) is 12.8 Å². The maximum Gasteiger partial charge on any atom is 0.261 e. The molecule has 1 N–H and O–H groups in total. The Labute approximate surface area is 187 Å². The van der Waals surface area contributed by atoms with E-state index in [1.165, 1.54) is 17.1 Å². The molecule has 2 heterocycles. The number of nitrogens with zero attached hydrogens (tertiary/aromatic N) is 2. The van der Waals surface area contributed by atoms with Crippen molar-refractivity contribution in [2.24, 2.45) is 11.0 Å². The second kappa shape index (κ2) is 8.63. The molecular formula is C24H25N3O4S. The zero-order chi connectivity index (χ0) is 22.9. The Morgan fingerprint density at radius 3 is 2.41 bits per heavy atom. The second-order valence-electron chi connectivity index (χ2n) is 8.02. The van der Waals surface area contributed by atoms with Crippen molar-refractivity contribution in [1.29, 1.82) is 0 Å². The lowest BCUT2D eigenvalue weighted by molar-refractivity contribution is -0.136. The molecule has 7 nitrogen and oxygen atoms in total. The molecule has 1 aliphatic rings. The van der Waals surface area contributed by atoms with Crippen molar-refractivity contribution in [2.45, 2.75) is 38.1 Å². The molecule has 0 bridgehead atoms. The molecule has 0 radical (unpaired) electrons. The van der Waals surface area contributed by atoms with Crippen LogP contribution < -0.4 is 4.72 Å². The number of aryl methyl sites for hydroxylation is 1. The highest BCUT2D eigenvalue weighted by Crippen LogP contribution is 2.36. The third-order valence-corrected chi connectivity index (χ3v) is 6.64. The molecule has 8 heteroatoms. The van der Waals surface area contributed by atoms with Gasteiger partial charge in [0.05, 0.1) is 16.3 Å². The lowest BCUT2D eigenvalue weighted by Crippen LogP contribution is -2.30. The molecule has 0 saturated heterocycles. The van der Waals surface area contributed by atoms with Gasteiger partial charge >= 0.3 is 0 Å². The van der Waals surface area contributed by atoms with Crippen LogP contribution in [-0.2, 0) is 14.8 Å². The van der Waals surface area contributed by atoms with Crippen LogP contribution in [0.2, 0.25) is 0 Å². The SMILES string of the molecule is Cc1ccc([C@@H]2CC(c3ccccc3NS(=O)(=O)c3ccccc3)=NN2C(=O)C(C)C)o1. The first-order valence-corrected chi connectivity index (χ1v) is 11.9. The van der Waals surface area contributed by atoms with Gasteiger partial charge in [-0.3, -0.25) is 9.52 Å². The fraction of sp³-hybridized carbons (Fsp3) is 0.250. The minimum atomic E-state index is -3.78. The topological polar surface area (TPSA) is 92.0 Å². The standard InChI is InChI=1S/C24H25N3O4S/c1-16(2)24(28)27-22(23-14-13-17(3)31-23)15-21(25-27)19-11-7-8-12-20(19)26-32(29,30)18-9-5-4-6-10-18/h4-14,16,22,26H,15H2,1-3H3/t22-/m0/s1. The largest absolute Gasteiger partial charge is 0.464 e. The maximum atomic E-state index is 12.9. The predicted octanol–water partition coefficient (Wildman–Crippen LogP) is 4.72. The molecule has 0 spiro atoms. The zero-order valence-electron chi connectivity index (χ0n) is 18.1. The highest BCUT2D eigenvalue weighted by molar-refractivity contribution is 7.92. The quantitative estimate of drug-likeness (QED) is 0.587. The smallest absolute Gasteiger partial charge is 0.261 e. The predicted molar refractivity (Wildman–Crippen MR) is 123 cm³/mol. The third-order valence-electron chi connectivity index (χ3n) is 5.26. The number of sulfonamides is 1. The van der Waals surface area contributed by atoms with Crippen molar-refractivity contribution in [3.63, 3.8) is 0 Å². The first-order valence-electron chi connectivity index (χ1n) is 10.4. The van der Waals surface area contributed by atoms with Gasteiger partial charge in [-0.05, 0) is 37.3 Å². The van der Waals surface area contributed by atoms with Gasteiger partial charge in [-0.1, -0.05) is 50.2 Å². The van der Waals surface area contributed by atoms with Crippen molar-refractivity contribution >= 4 is 27.3 Å². The first kappa shape index (κ1) is 21.8. The number of anilines is 1. The van der Waals surface area contributed by atoms with Gasteiger partial charge < -0.3 is 4.42 Å². The van der Waals surface area contributed by atoms with Gasteiger partial charge in [0.2, 0.25) is 5.91 Å². The van der Waals surface area contributed by atoms with Crippen LogP contribution in [-0.4, -0.2) is 25.0 Å². The molecule has 166 valence electrons. The van der Waals surface area contributed by atoms with Crippen LogP contribution in [0.25, 0.3) is 0 Å². The number of carbonyl (C=O) groups is 1. The molecule has 1 aromatic heterocycles. The van der Waals surface area contributed by atoms with Crippen LogP contribution in [0.4, 0.5) is 5.69 Å². The number of furan rings is 1. The highest BCUT2D eigenvalue weighted by atomic mass is 32.2. The van der Waals surface area contributed by atoms with E-state index in [0.717, 1.165) is 5.76 Å². The second-order valence-corrected chi connectivity index (χ2v) is 9.70. The Hall–Kier alpha value is -3.39. The van der Waals surface area contributed by atoms with E-state index in [-0.39, 0.29) is 22.8 Å². The Morgan fingerprint density at radius 1 is 1.06 bits per heavy atom. The van der Waals surface area contributed by atoms with Gasteiger partial charge in [0, 0.05) is 17.9 Å². The van der Waals surface area contributed by atoms with E-state index in [1.807, 2.05) is 39.0 Å². The Bertz CT molecular complexity index is 1260. The number of para-hydroxylation sites is 1. The van der Waals surface area contributed by atoms with Crippen molar-refractivity contribution in [2.75, 3.05) is 4.72 Å². The lowest BCUT2D eigenvalue weighted by Gasteiger charge is -2.21. The fourth-order valence-corrected chi connectivity index (χ4v) is 4.72. The summed E-state index contributed by atoms with van der Waals surface area (Å²) in [6, 6.07) is 18.6. The van der Waals surface area contributed by atoms with Gasteiger partial charge in [0.15, 0.2) is 0 Å². The van der Waals surface area contributed by atoms with E-state index in [1.54, 1.807) is 36.4 Å². The monoisotopic (exact) mass is 451 g/mol. The summed E-state index contributed by atoms with van der Waals surface area (Å²) in [7, 11) is -3.78. The van der Waals surface area contributed by atoms with Crippen LogP contribution >= 0.6 is 0 Å². The number of hydrogen-bond donors (Lipinski definition) is 1. The van der Waals surface area contributed by atoms with Gasteiger partial charge in [0.25, 0.3) is 10.0 Å². The summed E-state index contributed by atoms with van der Waals surface area (Å²) in [5.74, 6) is 1.03. The lowest BCUT2D eigenvalue weighted by atomic mass is 10.0. The van der Waals surface area contributed by atoms with E-state index in [4.69, 9.17) is 4.42 Å². The van der Waals surface area contributed by atoms with E-state index in [0.29, 0.717) is 29.1 Å². The summed E-state index contributed by atoms with van der Waals surface area (Å²) in [6.07, 6.45) is 0.412. The van der Waals surface area contributed by atoms with Gasteiger partial charge in [-0.2, -0.15) is 5.10 Å². The summed E-state index contributed by atoms with van der Waals surface area (Å²) in [6.45, 7) is 5.49. The Morgan fingerprint density at radius 2 is 1.75 bits per heavy atom. The highest BCUT2D eigenvalue weighted by Gasteiger charge is 2.36. The van der Waals surface area contributed by atoms with Crippen LogP contribution in [0.15, 0.2) is 81.1 Å². The molecule has 0 fully saturated rings. The fourth-order valence-electron chi connectivity index (χ4n) is 3.62. The molecule has 0 saturated carbocycles. The van der Waals surface area contributed by atoms with Gasteiger partial charge in [0.1, 0.15) is 17.6 Å².